The Labute approximate surface area is 298 Å². The first-order valence-electron chi connectivity index (χ1n) is 17.4. The van der Waals surface area contributed by atoms with Gasteiger partial charge in [-0.15, -0.1) is 0 Å². The van der Waals surface area contributed by atoms with Gasteiger partial charge in [-0.1, -0.05) is 77.1 Å². The zero-order valence-electron chi connectivity index (χ0n) is 29.6. The van der Waals surface area contributed by atoms with Gasteiger partial charge < -0.3 is 20.9 Å². The number of nitrogens with zero attached hydrogens (tertiary/aromatic N) is 4. The number of pyridine rings is 1. The number of benzene rings is 1. The van der Waals surface area contributed by atoms with Crippen molar-refractivity contribution >= 4 is 45.6 Å². The van der Waals surface area contributed by atoms with E-state index in [2.05, 4.69) is 156 Å². The Hall–Kier alpha value is -3.30. The molecular formula is C40H57N6S2+. The van der Waals surface area contributed by atoms with Gasteiger partial charge in [-0.05, 0) is 85.5 Å². The van der Waals surface area contributed by atoms with Crippen LogP contribution in [0.25, 0.3) is 12.2 Å². The van der Waals surface area contributed by atoms with Gasteiger partial charge in [0.05, 0.1) is 5.75 Å². The van der Waals surface area contributed by atoms with E-state index >= 15 is 0 Å². The Morgan fingerprint density at radius 1 is 1.00 bits per heavy atom. The standard InChI is InChI=1S/C40H57N6S2/c1-5-9-37(10-8-25-44-29-22-43-23-30-44)12-11-36(6-2)17-21-42-24-32-47-48-33-31-45-26-18-38(19-27-45)13-14-39-15-16-40(35(4)34-39)46(7-3)28-20-41/h5,8-19,21,25-27,34,43H,6-7,20,22-24,28-33,41H2,1-4H3/q+1/b9-5-,12-11+,25-8+,36-17+,37-10+,42-21+. The Bertz CT molecular complexity index is 1420. The van der Waals surface area contributed by atoms with Crippen molar-refractivity contribution in [3.63, 3.8) is 0 Å². The fraction of sp³-hybridized carbons (Fsp3) is 0.400. The second kappa shape index (κ2) is 23.9. The molecule has 0 aliphatic carbocycles. The minimum absolute atomic E-state index is 0.667. The number of piperazine rings is 1. The van der Waals surface area contributed by atoms with E-state index in [1.165, 1.54) is 33.5 Å². The van der Waals surface area contributed by atoms with Crippen LogP contribution in [-0.2, 0) is 6.54 Å². The molecule has 6 nitrogen and oxygen atoms in total. The van der Waals surface area contributed by atoms with E-state index in [0.717, 1.165) is 70.3 Å². The van der Waals surface area contributed by atoms with E-state index in [9.17, 15) is 0 Å². The van der Waals surface area contributed by atoms with Crippen LogP contribution >= 0.6 is 21.6 Å². The monoisotopic (exact) mass is 685 g/mol. The zero-order chi connectivity index (χ0) is 34.2. The molecule has 1 aliphatic heterocycles. The molecule has 0 radical (unpaired) electrons. The number of likely N-dealkylation sites (N-methyl/N-ethyl adjacent to an activating group) is 1. The molecule has 3 N–H and O–H groups in total. The third kappa shape index (κ3) is 15.3. The molecule has 1 aromatic carbocycles. The van der Waals surface area contributed by atoms with Crippen LogP contribution in [-0.4, -0.2) is 75.0 Å². The van der Waals surface area contributed by atoms with Crippen LogP contribution in [0.15, 0.2) is 108 Å². The van der Waals surface area contributed by atoms with E-state index < -0.39 is 0 Å². The number of aliphatic imine (C=N–C) groups is 1. The van der Waals surface area contributed by atoms with Gasteiger partial charge in [0.2, 0.25) is 0 Å². The number of aromatic nitrogens is 1. The first-order chi connectivity index (χ1) is 23.6. The number of allylic oxidation sites excluding steroid dienone is 9. The first kappa shape index (κ1) is 39.1. The van der Waals surface area contributed by atoms with Crippen molar-refractivity contribution in [3.05, 3.63) is 119 Å². The lowest BCUT2D eigenvalue weighted by atomic mass is 10.1. The summed E-state index contributed by atoms with van der Waals surface area (Å²) in [6.07, 6.45) is 28.9. The largest absolute Gasteiger partial charge is 0.375 e. The average Bonchev–Trinajstić information content (AvgIpc) is 3.11. The fourth-order valence-electron chi connectivity index (χ4n) is 5.20. The first-order valence-corrected chi connectivity index (χ1v) is 19.8. The van der Waals surface area contributed by atoms with E-state index in [0.29, 0.717) is 6.54 Å². The number of anilines is 1. The maximum absolute atomic E-state index is 5.79. The summed E-state index contributed by atoms with van der Waals surface area (Å²) in [5.74, 6) is 2.08. The summed E-state index contributed by atoms with van der Waals surface area (Å²) in [6, 6.07) is 11.0. The normalized spacial score (nSPS) is 15.0. The number of nitrogens with two attached hydrogens (primary N) is 1. The van der Waals surface area contributed by atoms with E-state index in [4.69, 9.17) is 5.73 Å². The summed E-state index contributed by atoms with van der Waals surface area (Å²) in [5, 5.41) is 3.39. The quantitative estimate of drug-likeness (QED) is 0.0495. The summed E-state index contributed by atoms with van der Waals surface area (Å²) < 4.78 is 2.25. The highest BCUT2D eigenvalue weighted by Crippen LogP contribution is 2.22. The Morgan fingerprint density at radius 2 is 1.77 bits per heavy atom. The lowest BCUT2D eigenvalue weighted by molar-refractivity contribution is -0.692. The number of hydrogen-bond acceptors (Lipinski definition) is 7. The molecule has 0 spiro atoms. The van der Waals surface area contributed by atoms with Crippen molar-refractivity contribution in [2.45, 2.75) is 40.7 Å². The number of nitrogens with one attached hydrogen (secondary N) is 1. The molecule has 0 amide bonds. The van der Waals surface area contributed by atoms with Gasteiger partial charge in [0.1, 0.15) is 0 Å². The van der Waals surface area contributed by atoms with Crippen molar-refractivity contribution in [2.24, 2.45) is 10.7 Å². The van der Waals surface area contributed by atoms with Gasteiger partial charge >= 0.3 is 0 Å². The Morgan fingerprint density at radius 3 is 2.48 bits per heavy atom. The van der Waals surface area contributed by atoms with Crippen LogP contribution < -0.4 is 20.5 Å². The summed E-state index contributed by atoms with van der Waals surface area (Å²) >= 11 is 0. The topological polar surface area (TPSA) is 60.8 Å². The summed E-state index contributed by atoms with van der Waals surface area (Å²) in [5.41, 5.74) is 13.2. The minimum Gasteiger partial charge on any atom is -0.375 e. The van der Waals surface area contributed by atoms with Crippen molar-refractivity contribution in [2.75, 3.05) is 68.8 Å². The summed E-state index contributed by atoms with van der Waals surface area (Å²) in [6.45, 7) is 17.2. The Kier molecular flexibility index (Phi) is 19.5. The van der Waals surface area contributed by atoms with Crippen LogP contribution in [0.3, 0.4) is 0 Å². The molecule has 1 saturated heterocycles. The van der Waals surface area contributed by atoms with Crippen molar-refractivity contribution in [1.29, 1.82) is 0 Å². The molecule has 0 atom stereocenters. The molecule has 1 aromatic heterocycles. The van der Waals surface area contributed by atoms with Crippen molar-refractivity contribution in [3.8, 4) is 0 Å². The molecule has 0 unspecified atom stereocenters. The molecule has 0 saturated carbocycles. The highest BCUT2D eigenvalue weighted by Gasteiger charge is 2.07. The van der Waals surface area contributed by atoms with Gasteiger partial charge in [0.25, 0.3) is 0 Å². The summed E-state index contributed by atoms with van der Waals surface area (Å²) in [7, 11) is 3.81. The molecule has 258 valence electrons. The zero-order valence-corrected chi connectivity index (χ0v) is 31.2. The lowest BCUT2D eigenvalue weighted by Crippen LogP contribution is -2.40. The van der Waals surface area contributed by atoms with Crippen LogP contribution in [0, 0.1) is 6.92 Å². The molecule has 1 aliphatic rings. The number of hydrogen-bond donors (Lipinski definition) is 2. The highest BCUT2D eigenvalue weighted by molar-refractivity contribution is 8.76. The molecule has 0 bridgehead atoms. The van der Waals surface area contributed by atoms with Gasteiger partial charge in [0.15, 0.2) is 18.9 Å². The maximum atomic E-state index is 5.79. The third-order valence-electron chi connectivity index (χ3n) is 7.94. The van der Waals surface area contributed by atoms with E-state index in [-0.39, 0.29) is 0 Å². The second-order valence-electron chi connectivity index (χ2n) is 11.5. The van der Waals surface area contributed by atoms with E-state index in [1.807, 2.05) is 27.8 Å². The van der Waals surface area contributed by atoms with Crippen LogP contribution in [0.5, 0.6) is 0 Å². The van der Waals surface area contributed by atoms with Crippen LogP contribution in [0.4, 0.5) is 5.69 Å². The predicted octanol–water partition coefficient (Wildman–Crippen LogP) is 7.50. The molecule has 1 fully saturated rings. The molecule has 48 heavy (non-hydrogen) atoms. The smallest absolute Gasteiger partial charge is 0.169 e. The van der Waals surface area contributed by atoms with Crippen molar-refractivity contribution < 1.29 is 4.57 Å². The number of rotatable bonds is 20. The van der Waals surface area contributed by atoms with Crippen LogP contribution in [0.2, 0.25) is 0 Å². The molecule has 3 rings (SSSR count). The van der Waals surface area contributed by atoms with Gasteiger partial charge in [-0.25, -0.2) is 4.57 Å². The molecule has 2 aromatic rings. The molecule has 2 heterocycles. The third-order valence-corrected chi connectivity index (χ3v) is 10.3. The van der Waals surface area contributed by atoms with Crippen LogP contribution in [0.1, 0.15) is 43.9 Å². The van der Waals surface area contributed by atoms with Gasteiger partial charge in [0, 0.05) is 82.1 Å². The van der Waals surface area contributed by atoms with Gasteiger partial charge in [-0.2, -0.15) is 0 Å². The molecular weight excluding hydrogens is 629 g/mol. The molecule has 8 heteroatoms. The summed E-state index contributed by atoms with van der Waals surface area (Å²) in [4.78, 5) is 9.31. The van der Waals surface area contributed by atoms with Gasteiger partial charge in [-0.3, -0.25) is 4.99 Å². The predicted molar refractivity (Wildman–Crippen MR) is 216 cm³/mol. The minimum atomic E-state index is 0.667. The average molecular weight is 686 g/mol. The number of aryl methyl sites for hydroxylation is 2. The fourth-order valence-corrected chi connectivity index (χ4v) is 7.05. The lowest BCUT2D eigenvalue weighted by Gasteiger charge is -2.25. The Balaban J connectivity index is 1.34. The SMILES string of the molecule is C\C=C/C(/C=C/C(=C/C=N/CCSSCC[n+]1ccc(/C=C/c2ccc(N(CC)CCN)c(C)c2)cc1)CC)=C\C=C\N1CCNCC1. The van der Waals surface area contributed by atoms with Crippen molar-refractivity contribution in [1.82, 2.24) is 10.2 Å². The highest BCUT2D eigenvalue weighted by atomic mass is 33.1. The van der Waals surface area contributed by atoms with E-state index in [1.54, 1.807) is 0 Å². The maximum Gasteiger partial charge on any atom is 0.169 e. The second-order valence-corrected chi connectivity index (χ2v) is 14.2.